The lowest BCUT2D eigenvalue weighted by atomic mass is 10.2. The Kier molecular flexibility index (Phi) is 5.08. The van der Waals surface area contributed by atoms with Crippen molar-refractivity contribution < 1.29 is 9.59 Å². The normalized spacial score (nSPS) is 13.7. The number of aromatic nitrogens is 2. The molecule has 0 atom stereocenters. The Bertz CT molecular complexity index is 1050. The molecule has 6 nitrogen and oxygen atoms in total. The molecule has 1 saturated heterocycles. The van der Waals surface area contributed by atoms with Crippen LogP contribution in [-0.4, -0.2) is 27.9 Å². The molecule has 0 spiro atoms. The number of para-hydroxylation sites is 1. The number of amides is 2. The Labute approximate surface area is 167 Å². The maximum absolute atomic E-state index is 12.7. The lowest BCUT2D eigenvalue weighted by molar-refractivity contribution is -0.117. The molecule has 1 aromatic heterocycles. The summed E-state index contributed by atoms with van der Waals surface area (Å²) >= 11 is 5.32. The van der Waals surface area contributed by atoms with Crippen LogP contribution >= 0.6 is 12.2 Å². The number of aromatic amines is 1. The van der Waals surface area contributed by atoms with Gasteiger partial charge in [0.2, 0.25) is 5.91 Å². The van der Waals surface area contributed by atoms with Gasteiger partial charge >= 0.3 is 0 Å². The lowest BCUT2D eigenvalue weighted by Crippen LogP contribution is -2.25. The van der Waals surface area contributed by atoms with Gasteiger partial charge in [-0.25, -0.2) is 0 Å². The van der Waals surface area contributed by atoms with E-state index >= 15 is 0 Å². The topological polar surface area (TPSA) is 70.1 Å². The summed E-state index contributed by atoms with van der Waals surface area (Å²) in [6, 6.07) is 17.2. The van der Waals surface area contributed by atoms with Crippen LogP contribution < -0.4 is 10.2 Å². The molecule has 0 unspecified atom stereocenters. The first kappa shape index (κ1) is 18.2. The molecule has 0 radical (unpaired) electrons. The Hall–Kier alpha value is -3.19. The second-order valence-corrected chi connectivity index (χ2v) is 7.03. The van der Waals surface area contributed by atoms with Gasteiger partial charge < -0.3 is 15.2 Å². The molecule has 1 aliphatic rings. The first-order chi connectivity index (χ1) is 13.6. The largest absolute Gasteiger partial charge is 0.347 e. The van der Waals surface area contributed by atoms with Crippen molar-refractivity contribution in [2.45, 2.75) is 19.4 Å². The van der Waals surface area contributed by atoms with Crippen molar-refractivity contribution in [3.8, 4) is 5.69 Å². The van der Waals surface area contributed by atoms with E-state index in [9.17, 15) is 9.59 Å². The number of nitrogens with one attached hydrogen (secondary N) is 2. The molecule has 1 aliphatic heterocycles. The summed E-state index contributed by atoms with van der Waals surface area (Å²) in [7, 11) is 0. The number of hydrogen-bond acceptors (Lipinski definition) is 3. The maximum Gasteiger partial charge on any atom is 0.270 e. The molecular weight excluding hydrogens is 372 g/mol. The molecule has 2 aromatic carbocycles. The molecular formula is C21H20N4O2S. The van der Waals surface area contributed by atoms with E-state index in [2.05, 4.69) is 10.3 Å². The smallest absolute Gasteiger partial charge is 0.270 e. The molecule has 142 valence electrons. The molecule has 0 bridgehead atoms. The van der Waals surface area contributed by atoms with E-state index in [1.54, 1.807) is 15.7 Å². The number of hydrogen-bond donors (Lipinski definition) is 2. The van der Waals surface area contributed by atoms with Crippen LogP contribution in [0.25, 0.3) is 5.69 Å². The average Bonchev–Trinajstić information content (AvgIpc) is 3.33. The van der Waals surface area contributed by atoms with E-state index < -0.39 is 0 Å². The summed E-state index contributed by atoms with van der Waals surface area (Å²) in [6.45, 7) is 1.16. The quantitative estimate of drug-likeness (QED) is 0.652. The maximum atomic E-state index is 12.7. The minimum atomic E-state index is -0.213. The summed E-state index contributed by atoms with van der Waals surface area (Å²) in [5.74, 6) is -0.0475. The molecule has 28 heavy (non-hydrogen) atoms. The third-order valence-electron chi connectivity index (χ3n) is 4.80. The van der Waals surface area contributed by atoms with Gasteiger partial charge in [0.15, 0.2) is 4.77 Å². The van der Waals surface area contributed by atoms with Crippen molar-refractivity contribution in [1.29, 1.82) is 0 Å². The second-order valence-electron chi connectivity index (χ2n) is 6.65. The van der Waals surface area contributed by atoms with Gasteiger partial charge in [0, 0.05) is 37.1 Å². The van der Waals surface area contributed by atoms with Gasteiger partial charge in [-0.15, -0.1) is 0 Å². The number of H-pyrrole nitrogens is 1. The lowest BCUT2D eigenvalue weighted by Gasteiger charge is -2.16. The average molecular weight is 392 g/mol. The van der Waals surface area contributed by atoms with Crippen molar-refractivity contribution in [1.82, 2.24) is 14.9 Å². The van der Waals surface area contributed by atoms with Crippen LogP contribution in [0.4, 0.5) is 5.69 Å². The first-order valence-corrected chi connectivity index (χ1v) is 9.57. The predicted molar refractivity (Wildman–Crippen MR) is 110 cm³/mol. The number of rotatable bonds is 5. The number of anilines is 1. The van der Waals surface area contributed by atoms with E-state index in [-0.39, 0.29) is 11.8 Å². The highest BCUT2D eigenvalue weighted by Crippen LogP contribution is 2.21. The van der Waals surface area contributed by atoms with Crippen molar-refractivity contribution in [3.63, 3.8) is 0 Å². The number of carbonyl (C=O) groups is 2. The summed E-state index contributed by atoms with van der Waals surface area (Å²) in [5, 5.41) is 2.93. The van der Waals surface area contributed by atoms with E-state index in [0.29, 0.717) is 23.4 Å². The highest BCUT2D eigenvalue weighted by molar-refractivity contribution is 7.71. The zero-order chi connectivity index (χ0) is 19.5. The fourth-order valence-corrected chi connectivity index (χ4v) is 3.62. The monoisotopic (exact) mass is 392 g/mol. The third-order valence-corrected chi connectivity index (χ3v) is 5.10. The number of carbonyl (C=O) groups excluding carboxylic acids is 2. The fourth-order valence-electron chi connectivity index (χ4n) is 3.36. The minimum absolute atomic E-state index is 0.165. The van der Waals surface area contributed by atoms with E-state index in [4.69, 9.17) is 12.2 Å². The molecule has 2 N–H and O–H groups in total. The summed E-state index contributed by atoms with van der Waals surface area (Å²) in [4.78, 5) is 29.3. The summed E-state index contributed by atoms with van der Waals surface area (Å²) < 4.78 is 2.18. The van der Waals surface area contributed by atoms with Crippen LogP contribution in [0.1, 0.15) is 28.9 Å². The Morgan fingerprint density at radius 1 is 1.07 bits per heavy atom. The standard InChI is InChI=1S/C21H20N4O2S/c26-19-7-4-12-24(19)16-10-8-15(9-11-16)13-22-20(27)18-14-23-21(28)25(18)17-5-2-1-3-6-17/h1-3,5-6,8-11,14H,4,7,12-13H2,(H,22,27)(H,23,28). The van der Waals surface area contributed by atoms with Crippen LogP contribution in [0.5, 0.6) is 0 Å². The van der Waals surface area contributed by atoms with Crippen molar-refractivity contribution in [2.75, 3.05) is 11.4 Å². The van der Waals surface area contributed by atoms with Gasteiger partial charge in [-0.3, -0.25) is 14.2 Å². The van der Waals surface area contributed by atoms with Crippen molar-refractivity contribution in [2.24, 2.45) is 0 Å². The van der Waals surface area contributed by atoms with Crippen molar-refractivity contribution >= 4 is 29.7 Å². The molecule has 7 heteroatoms. The predicted octanol–water partition coefficient (Wildman–Crippen LogP) is 3.59. The Morgan fingerprint density at radius 3 is 2.50 bits per heavy atom. The highest BCUT2D eigenvalue weighted by Gasteiger charge is 2.21. The third kappa shape index (κ3) is 3.61. The van der Waals surface area contributed by atoms with Gasteiger partial charge in [-0.1, -0.05) is 30.3 Å². The SMILES string of the molecule is O=C(NCc1ccc(N2CCCC2=O)cc1)c1c[nH]c(=S)n1-c1ccccc1. The Morgan fingerprint density at radius 2 is 1.82 bits per heavy atom. The van der Waals surface area contributed by atoms with Crippen molar-refractivity contribution in [3.05, 3.63) is 76.8 Å². The van der Waals surface area contributed by atoms with Gasteiger partial charge in [0.25, 0.3) is 5.91 Å². The first-order valence-electron chi connectivity index (χ1n) is 9.17. The number of nitrogens with zero attached hydrogens (tertiary/aromatic N) is 2. The molecule has 1 fully saturated rings. The highest BCUT2D eigenvalue weighted by atomic mass is 32.1. The van der Waals surface area contributed by atoms with Gasteiger partial charge in [0.1, 0.15) is 5.69 Å². The van der Waals surface area contributed by atoms with Gasteiger partial charge in [0.05, 0.1) is 0 Å². The molecule has 4 rings (SSSR count). The van der Waals surface area contributed by atoms with E-state index in [1.807, 2.05) is 54.6 Å². The summed E-state index contributed by atoms with van der Waals surface area (Å²) in [6.07, 6.45) is 3.13. The zero-order valence-electron chi connectivity index (χ0n) is 15.2. The number of benzene rings is 2. The van der Waals surface area contributed by atoms with Crippen LogP contribution in [0.15, 0.2) is 60.8 Å². The molecule has 0 saturated carbocycles. The van der Waals surface area contributed by atoms with Gasteiger partial charge in [-0.2, -0.15) is 0 Å². The van der Waals surface area contributed by atoms with Crippen LogP contribution in [0.2, 0.25) is 0 Å². The second kappa shape index (κ2) is 7.82. The van der Waals surface area contributed by atoms with Gasteiger partial charge in [-0.05, 0) is 48.5 Å². The van der Waals surface area contributed by atoms with E-state index in [1.165, 1.54) is 0 Å². The summed E-state index contributed by atoms with van der Waals surface area (Å²) in [5.41, 5.74) is 3.15. The molecule has 0 aliphatic carbocycles. The van der Waals surface area contributed by atoms with Crippen LogP contribution in [0.3, 0.4) is 0 Å². The van der Waals surface area contributed by atoms with Crippen LogP contribution in [-0.2, 0) is 11.3 Å². The zero-order valence-corrected chi connectivity index (χ0v) is 16.0. The molecule has 3 aromatic rings. The fraction of sp³-hybridized carbons (Fsp3) is 0.190. The minimum Gasteiger partial charge on any atom is -0.347 e. The molecule has 2 heterocycles. The Balaban J connectivity index is 1.45. The van der Waals surface area contributed by atoms with Crippen LogP contribution in [0, 0.1) is 4.77 Å². The number of imidazole rings is 1. The molecule has 2 amide bonds. The van der Waals surface area contributed by atoms with E-state index in [0.717, 1.165) is 29.9 Å².